The Hall–Kier alpha value is -2.86. The minimum Gasteiger partial charge on any atom is -0.478 e. The number of nitrogens with one attached hydrogen (secondary N) is 1. The van der Waals surface area contributed by atoms with Gasteiger partial charge in [0.2, 0.25) is 11.4 Å². The average Bonchev–Trinajstić information content (AvgIpc) is 3.28. The highest BCUT2D eigenvalue weighted by molar-refractivity contribution is 5.77. The van der Waals surface area contributed by atoms with E-state index in [-0.39, 0.29) is 5.56 Å². The lowest BCUT2D eigenvalue weighted by molar-refractivity contribution is 0.236. The van der Waals surface area contributed by atoms with Gasteiger partial charge in [0.25, 0.3) is 0 Å². The Morgan fingerprint density at radius 2 is 1.94 bits per heavy atom. The van der Waals surface area contributed by atoms with Gasteiger partial charge in [-0.15, -0.1) is 0 Å². The van der Waals surface area contributed by atoms with Gasteiger partial charge < -0.3 is 14.6 Å². The highest BCUT2D eigenvalue weighted by Gasteiger charge is 2.22. The number of aromatic amines is 1. The van der Waals surface area contributed by atoms with Gasteiger partial charge in [0.1, 0.15) is 0 Å². The van der Waals surface area contributed by atoms with Crippen LogP contribution in [0.4, 0.5) is 5.69 Å². The van der Waals surface area contributed by atoms with Crippen molar-refractivity contribution in [2.75, 3.05) is 44.2 Å². The van der Waals surface area contributed by atoms with Crippen molar-refractivity contribution in [2.45, 2.75) is 32.1 Å². The van der Waals surface area contributed by atoms with E-state index < -0.39 is 0 Å². The molecule has 0 atom stereocenters. The summed E-state index contributed by atoms with van der Waals surface area (Å²) in [7, 11) is 0. The predicted octanol–water partition coefficient (Wildman–Crippen LogP) is 3.39. The summed E-state index contributed by atoms with van der Waals surface area (Å²) in [6, 6.07) is 11.9. The second-order valence-electron chi connectivity index (χ2n) is 8.59. The molecule has 3 heterocycles. The number of pyridine rings is 2. The fraction of sp³-hybridized carbons (Fsp3) is 0.440. The Morgan fingerprint density at radius 1 is 1.03 bits per heavy atom. The molecule has 0 saturated carbocycles. The van der Waals surface area contributed by atoms with Crippen molar-refractivity contribution < 1.29 is 4.74 Å². The maximum atomic E-state index is 11.5. The molecule has 1 aliphatic carbocycles. The van der Waals surface area contributed by atoms with E-state index in [2.05, 4.69) is 38.0 Å². The van der Waals surface area contributed by atoms with Gasteiger partial charge >= 0.3 is 0 Å². The molecule has 0 spiro atoms. The molecule has 0 amide bonds. The molecular formula is C25H30N4O2. The number of aryl methyl sites for hydroxylation is 1. The molecule has 0 unspecified atom stereocenters. The van der Waals surface area contributed by atoms with Crippen LogP contribution in [0.2, 0.25) is 0 Å². The molecule has 3 aromatic rings. The molecule has 0 radical (unpaired) electrons. The third kappa shape index (κ3) is 4.59. The van der Waals surface area contributed by atoms with Crippen LogP contribution in [0.1, 0.15) is 30.4 Å². The van der Waals surface area contributed by atoms with Crippen LogP contribution in [0.3, 0.4) is 0 Å². The van der Waals surface area contributed by atoms with Crippen molar-refractivity contribution in [3.05, 3.63) is 64.1 Å². The first-order valence-corrected chi connectivity index (χ1v) is 11.5. The maximum Gasteiger partial charge on any atom is 0.248 e. The largest absolute Gasteiger partial charge is 0.478 e. The number of anilines is 1. The molecule has 1 aromatic carbocycles. The van der Waals surface area contributed by atoms with E-state index in [4.69, 9.17) is 4.74 Å². The molecule has 1 N–H and O–H groups in total. The van der Waals surface area contributed by atoms with Crippen molar-refractivity contribution in [3.63, 3.8) is 0 Å². The maximum absolute atomic E-state index is 11.5. The Bertz CT molecular complexity index is 1100. The number of nitrogens with zero attached hydrogens (tertiary/aromatic N) is 3. The molecule has 1 aliphatic heterocycles. The van der Waals surface area contributed by atoms with E-state index in [1.165, 1.54) is 31.0 Å². The number of ether oxygens (including phenoxy) is 1. The van der Waals surface area contributed by atoms with E-state index in [0.717, 1.165) is 56.5 Å². The first-order chi connectivity index (χ1) is 15.3. The topological polar surface area (TPSA) is 61.5 Å². The van der Waals surface area contributed by atoms with Crippen LogP contribution in [-0.4, -0.2) is 54.2 Å². The first-order valence-electron chi connectivity index (χ1n) is 11.5. The second-order valence-corrected chi connectivity index (χ2v) is 8.59. The smallest absolute Gasteiger partial charge is 0.248 e. The number of fused-ring (bicyclic) bond motifs is 2. The van der Waals surface area contributed by atoms with E-state index >= 15 is 0 Å². The van der Waals surface area contributed by atoms with Crippen LogP contribution in [-0.2, 0) is 12.8 Å². The normalized spacial score (nSPS) is 16.6. The lowest BCUT2D eigenvalue weighted by atomic mass is 10.1. The first kappa shape index (κ1) is 20.1. The van der Waals surface area contributed by atoms with Gasteiger partial charge in [-0.3, -0.25) is 9.69 Å². The highest BCUT2D eigenvalue weighted by atomic mass is 16.5. The summed E-state index contributed by atoms with van der Waals surface area (Å²) in [4.78, 5) is 23.8. The quantitative estimate of drug-likeness (QED) is 0.596. The van der Waals surface area contributed by atoms with Gasteiger partial charge in [0.05, 0.1) is 12.1 Å². The standard InChI is InChI=1S/C25H30N4O2/c30-24-10-9-20-18-26-25(17-22(20)27-24)31-16-2-1-11-28-12-14-29(15-13-28)23-8-4-6-19-5-3-7-21(19)23/h4,6,8-10,17-18H,1-3,5,7,11-16H2,(H,27,30). The number of benzene rings is 1. The molecule has 2 aliphatic rings. The third-order valence-corrected chi connectivity index (χ3v) is 6.53. The molecule has 31 heavy (non-hydrogen) atoms. The summed E-state index contributed by atoms with van der Waals surface area (Å²) < 4.78 is 5.80. The number of H-pyrrole nitrogens is 1. The molecule has 162 valence electrons. The van der Waals surface area contributed by atoms with Crippen molar-refractivity contribution in [3.8, 4) is 5.88 Å². The summed E-state index contributed by atoms with van der Waals surface area (Å²) >= 11 is 0. The zero-order chi connectivity index (χ0) is 21.0. The average molecular weight is 419 g/mol. The molecule has 1 saturated heterocycles. The van der Waals surface area contributed by atoms with E-state index in [1.54, 1.807) is 29.5 Å². The number of rotatable bonds is 7. The van der Waals surface area contributed by atoms with Crippen LogP contribution in [0.15, 0.2) is 47.4 Å². The fourth-order valence-electron chi connectivity index (χ4n) is 4.83. The summed E-state index contributed by atoms with van der Waals surface area (Å²) in [5, 5.41) is 0.909. The second kappa shape index (κ2) is 9.10. The Kier molecular flexibility index (Phi) is 5.89. The number of hydrogen-bond acceptors (Lipinski definition) is 5. The van der Waals surface area contributed by atoms with Gasteiger partial charge in [-0.05, 0) is 61.9 Å². The Morgan fingerprint density at radius 3 is 2.84 bits per heavy atom. The van der Waals surface area contributed by atoms with Gasteiger partial charge in [-0.1, -0.05) is 12.1 Å². The molecule has 5 rings (SSSR count). The van der Waals surface area contributed by atoms with E-state index in [1.807, 2.05) is 0 Å². The SMILES string of the molecule is O=c1ccc2cnc(OCCCCN3CCN(c4cccc5c4CCC5)CC3)cc2[nH]1. The van der Waals surface area contributed by atoms with Crippen LogP contribution in [0.5, 0.6) is 5.88 Å². The lowest BCUT2D eigenvalue weighted by Gasteiger charge is -2.37. The van der Waals surface area contributed by atoms with Crippen LogP contribution < -0.4 is 15.2 Å². The zero-order valence-electron chi connectivity index (χ0n) is 18.0. The van der Waals surface area contributed by atoms with Gasteiger partial charge in [-0.25, -0.2) is 4.98 Å². The summed E-state index contributed by atoms with van der Waals surface area (Å²) in [5.74, 6) is 0.568. The van der Waals surface area contributed by atoms with Crippen molar-refractivity contribution >= 4 is 16.6 Å². The Balaban J connectivity index is 1.04. The molecular weight excluding hydrogens is 388 g/mol. The minimum atomic E-state index is -0.110. The van der Waals surface area contributed by atoms with E-state index in [0.29, 0.717) is 12.5 Å². The van der Waals surface area contributed by atoms with Crippen molar-refractivity contribution in [1.29, 1.82) is 0 Å². The highest BCUT2D eigenvalue weighted by Crippen LogP contribution is 2.31. The summed E-state index contributed by atoms with van der Waals surface area (Å²) in [6.07, 6.45) is 7.65. The third-order valence-electron chi connectivity index (χ3n) is 6.53. The summed E-state index contributed by atoms with van der Waals surface area (Å²) in [6.45, 7) is 6.25. The lowest BCUT2D eigenvalue weighted by Crippen LogP contribution is -2.47. The van der Waals surface area contributed by atoms with Crippen LogP contribution in [0, 0.1) is 0 Å². The number of hydrogen-bond donors (Lipinski definition) is 1. The van der Waals surface area contributed by atoms with Gasteiger partial charge in [0, 0.05) is 55.6 Å². The predicted molar refractivity (Wildman–Crippen MR) is 124 cm³/mol. The van der Waals surface area contributed by atoms with Gasteiger partial charge in [-0.2, -0.15) is 0 Å². The Labute approximate surface area is 182 Å². The molecule has 6 nitrogen and oxygen atoms in total. The molecule has 6 heteroatoms. The minimum absolute atomic E-state index is 0.110. The molecule has 1 fully saturated rings. The van der Waals surface area contributed by atoms with Gasteiger partial charge in [0.15, 0.2) is 0 Å². The number of aromatic nitrogens is 2. The number of unbranched alkanes of at least 4 members (excludes halogenated alkanes) is 1. The monoisotopic (exact) mass is 418 g/mol. The van der Waals surface area contributed by atoms with Crippen LogP contribution >= 0.6 is 0 Å². The zero-order valence-corrected chi connectivity index (χ0v) is 18.0. The van der Waals surface area contributed by atoms with E-state index in [9.17, 15) is 4.79 Å². The van der Waals surface area contributed by atoms with Crippen molar-refractivity contribution in [2.24, 2.45) is 0 Å². The van der Waals surface area contributed by atoms with Crippen LogP contribution in [0.25, 0.3) is 10.9 Å². The summed E-state index contributed by atoms with van der Waals surface area (Å²) in [5.41, 5.74) is 5.29. The molecule has 2 aromatic heterocycles. The van der Waals surface area contributed by atoms with Crippen molar-refractivity contribution in [1.82, 2.24) is 14.9 Å². The fourth-order valence-corrected chi connectivity index (χ4v) is 4.83. The number of piperazine rings is 1. The molecule has 0 bridgehead atoms.